The van der Waals surface area contributed by atoms with Crippen molar-refractivity contribution >= 4 is 11.6 Å². The molecule has 1 amide bonds. The Labute approximate surface area is 107 Å². The summed E-state index contributed by atoms with van der Waals surface area (Å²) in [4.78, 5) is 19.2. The molecule has 0 bridgehead atoms. The minimum Gasteiger partial charge on any atom is -0.325 e. The summed E-state index contributed by atoms with van der Waals surface area (Å²) in [6, 6.07) is 4.28. The van der Waals surface area contributed by atoms with Crippen LogP contribution in [0.4, 0.5) is 14.5 Å². The van der Waals surface area contributed by atoms with Crippen LogP contribution in [0.3, 0.4) is 0 Å². The van der Waals surface area contributed by atoms with Gasteiger partial charge in [-0.15, -0.1) is 0 Å². The van der Waals surface area contributed by atoms with Crippen molar-refractivity contribution in [3.8, 4) is 11.1 Å². The summed E-state index contributed by atoms with van der Waals surface area (Å²) in [5.41, 5.74) is 1.05. The number of halogens is 2. The maximum Gasteiger partial charge on any atom is 0.233 e. The molecule has 1 N–H and O–H groups in total. The van der Waals surface area contributed by atoms with Gasteiger partial charge >= 0.3 is 0 Å². The summed E-state index contributed by atoms with van der Waals surface area (Å²) in [5.74, 6) is -2.84. The molecule has 4 nitrogen and oxygen atoms in total. The van der Waals surface area contributed by atoms with E-state index in [1.807, 2.05) is 0 Å². The number of fused-ring (bicyclic) bond motifs is 3. The number of rotatable bonds is 0. The lowest BCUT2D eigenvalue weighted by molar-refractivity contribution is -0.117. The van der Waals surface area contributed by atoms with Crippen LogP contribution in [0.1, 0.15) is 18.5 Å². The van der Waals surface area contributed by atoms with Crippen LogP contribution in [-0.2, 0) is 4.79 Å². The lowest BCUT2D eigenvalue weighted by Crippen LogP contribution is -2.18. The summed E-state index contributed by atoms with van der Waals surface area (Å²) in [5, 5.41) is 2.50. The zero-order valence-electron chi connectivity index (χ0n) is 9.95. The largest absolute Gasteiger partial charge is 0.325 e. The highest BCUT2D eigenvalue weighted by Gasteiger charge is 2.29. The molecule has 0 aromatic carbocycles. The van der Waals surface area contributed by atoms with Gasteiger partial charge in [0.05, 0.1) is 22.9 Å². The third-order valence-electron chi connectivity index (χ3n) is 3.11. The molecule has 1 aliphatic rings. The molecule has 3 rings (SSSR count). The first-order valence-corrected chi connectivity index (χ1v) is 5.70. The van der Waals surface area contributed by atoms with Gasteiger partial charge in [-0.2, -0.15) is 13.8 Å². The Morgan fingerprint density at radius 3 is 2.95 bits per heavy atom. The molecule has 1 atom stereocenters. The summed E-state index contributed by atoms with van der Waals surface area (Å²) in [6.45, 7) is 1.66. The lowest BCUT2D eigenvalue weighted by Gasteiger charge is -2.09. The van der Waals surface area contributed by atoms with Crippen molar-refractivity contribution in [3.63, 3.8) is 0 Å². The first-order chi connectivity index (χ1) is 9.08. The van der Waals surface area contributed by atoms with Gasteiger partial charge in [0, 0.05) is 17.8 Å². The fourth-order valence-corrected chi connectivity index (χ4v) is 2.18. The molecular formula is C13H9F2N3O. The van der Waals surface area contributed by atoms with E-state index in [9.17, 15) is 13.6 Å². The van der Waals surface area contributed by atoms with Gasteiger partial charge in [-0.3, -0.25) is 9.78 Å². The molecule has 1 unspecified atom stereocenters. The van der Waals surface area contributed by atoms with Crippen LogP contribution in [0.5, 0.6) is 0 Å². The Balaban J connectivity index is 2.38. The Bertz CT molecular complexity index is 688. The first kappa shape index (κ1) is 11.7. The lowest BCUT2D eigenvalue weighted by atomic mass is 9.98. The third-order valence-corrected chi connectivity index (χ3v) is 3.11. The van der Waals surface area contributed by atoms with Crippen molar-refractivity contribution in [1.29, 1.82) is 0 Å². The molecule has 0 aliphatic carbocycles. The second kappa shape index (κ2) is 4.08. The number of nitrogens with zero attached hydrogens (tertiary/aromatic N) is 2. The molecule has 2 aromatic rings. The highest BCUT2D eigenvalue weighted by atomic mass is 19.1. The molecule has 3 heterocycles. The SMILES string of the molecule is CC1C(=O)Nc2cc(F)nc(F)c2-c2cccnc21. The van der Waals surface area contributed by atoms with Gasteiger partial charge in [0.25, 0.3) is 0 Å². The monoisotopic (exact) mass is 261 g/mol. The van der Waals surface area contributed by atoms with E-state index < -0.39 is 17.8 Å². The van der Waals surface area contributed by atoms with Crippen LogP contribution in [0, 0.1) is 11.9 Å². The number of hydrogen-bond donors (Lipinski definition) is 1. The van der Waals surface area contributed by atoms with Crippen molar-refractivity contribution in [3.05, 3.63) is 42.0 Å². The molecular weight excluding hydrogens is 252 g/mol. The average Bonchev–Trinajstić information content (AvgIpc) is 2.46. The van der Waals surface area contributed by atoms with E-state index in [0.717, 1.165) is 6.07 Å². The predicted molar refractivity (Wildman–Crippen MR) is 64.4 cm³/mol. The van der Waals surface area contributed by atoms with E-state index in [1.54, 1.807) is 19.1 Å². The second-order valence-corrected chi connectivity index (χ2v) is 4.31. The van der Waals surface area contributed by atoms with Crippen LogP contribution < -0.4 is 5.32 Å². The summed E-state index contributed by atoms with van der Waals surface area (Å²) in [6.07, 6.45) is 1.53. The number of carbonyl (C=O) groups excluding carboxylic acids is 1. The molecule has 0 saturated heterocycles. The van der Waals surface area contributed by atoms with Crippen LogP contribution >= 0.6 is 0 Å². The van der Waals surface area contributed by atoms with Crippen molar-refractivity contribution < 1.29 is 13.6 Å². The van der Waals surface area contributed by atoms with Gasteiger partial charge < -0.3 is 5.32 Å². The topological polar surface area (TPSA) is 54.9 Å². The zero-order chi connectivity index (χ0) is 13.6. The second-order valence-electron chi connectivity index (χ2n) is 4.31. The molecule has 96 valence electrons. The van der Waals surface area contributed by atoms with Gasteiger partial charge in [-0.25, -0.2) is 0 Å². The number of hydrogen-bond acceptors (Lipinski definition) is 3. The van der Waals surface area contributed by atoms with Crippen molar-refractivity contribution in [2.24, 2.45) is 0 Å². The summed E-state index contributed by atoms with van der Waals surface area (Å²) in [7, 11) is 0. The standard InChI is InChI=1S/C13H9F2N3O/c1-6-11-7(3-2-4-16-11)10-8(17-13(6)19)5-9(14)18-12(10)15/h2-6H,1H3,(H,17,19). The van der Waals surface area contributed by atoms with Gasteiger partial charge in [0.2, 0.25) is 17.8 Å². The van der Waals surface area contributed by atoms with E-state index in [4.69, 9.17) is 0 Å². The Morgan fingerprint density at radius 1 is 1.37 bits per heavy atom. The van der Waals surface area contributed by atoms with Gasteiger partial charge in [0.15, 0.2) is 0 Å². The molecule has 1 aliphatic heterocycles. The van der Waals surface area contributed by atoms with Gasteiger partial charge in [0.1, 0.15) is 0 Å². The van der Waals surface area contributed by atoms with Crippen LogP contribution in [0.25, 0.3) is 11.1 Å². The zero-order valence-corrected chi connectivity index (χ0v) is 9.95. The minimum atomic E-state index is -0.975. The van der Waals surface area contributed by atoms with Crippen LogP contribution in [-0.4, -0.2) is 15.9 Å². The van der Waals surface area contributed by atoms with E-state index in [-0.39, 0.29) is 17.2 Å². The first-order valence-electron chi connectivity index (χ1n) is 5.70. The smallest absolute Gasteiger partial charge is 0.233 e. The van der Waals surface area contributed by atoms with Crippen molar-refractivity contribution in [1.82, 2.24) is 9.97 Å². The Hall–Kier alpha value is -2.37. The molecule has 0 radical (unpaired) electrons. The van der Waals surface area contributed by atoms with E-state index >= 15 is 0 Å². The number of aromatic nitrogens is 2. The minimum absolute atomic E-state index is 0.0715. The van der Waals surface area contributed by atoms with E-state index in [2.05, 4.69) is 15.3 Å². The predicted octanol–water partition coefficient (Wildman–Crippen LogP) is 2.48. The molecule has 0 spiro atoms. The Morgan fingerprint density at radius 2 is 2.16 bits per heavy atom. The maximum absolute atomic E-state index is 13.9. The number of amides is 1. The van der Waals surface area contributed by atoms with Crippen LogP contribution in [0.2, 0.25) is 0 Å². The van der Waals surface area contributed by atoms with E-state index in [1.165, 1.54) is 6.20 Å². The number of nitrogens with one attached hydrogen (secondary N) is 1. The average molecular weight is 261 g/mol. The fourth-order valence-electron chi connectivity index (χ4n) is 2.18. The van der Waals surface area contributed by atoms with Gasteiger partial charge in [-0.05, 0) is 13.0 Å². The fraction of sp³-hybridized carbons (Fsp3) is 0.154. The third kappa shape index (κ3) is 1.76. The Kier molecular flexibility index (Phi) is 2.51. The highest BCUT2D eigenvalue weighted by molar-refractivity contribution is 6.02. The molecule has 0 saturated carbocycles. The molecule has 19 heavy (non-hydrogen) atoms. The molecule has 2 aromatic heterocycles. The van der Waals surface area contributed by atoms with Crippen LogP contribution in [0.15, 0.2) is 24.4 Å². The maximum atomic E-state index is 13.9. The summed E-state index contributed by atoms with van der Waals surface area (Å²) >= 11 is 0. The van der Waals surface area contributed by atoms with E-state index in [0.29, 0.717) is 11.3 Å². The highest BCUT2D eigenvalue weighted by Crippen LogP contribution is 2.38. The number of anilines is 1. The summed E-state index contributed by atoms with van der Waals surface area (Å²) < 4.78 is 27.1. The normalized spacial score (nSPS) is 17.2. The van der Waals surface area contributed by atoms with Gasteiger partial charge in [-0.1, -0.05) is 6.07 Å². The number of carbonyl (C=O) groups is 1. The van der Waals surface area contributed by atoms with Crippen molar-refractivity contribution in [2.75, 3.05) is 5.32 Å². The molecule has 6 heteroatoms. The molecule has 0 fully saturated rings. The van der Waals surface area contributed by atoms with Crippen molar-refractivity contribution in [2.45, 2.75) is 12.8 Å². The quantitative estimate of drug-likeness (QED) is 0.741. The number of pyridine rings is 2.